The van der Waals surface area contributed by atoms with Crippen LogP contribution < -0.4 is 0 Å². The van der Waals surface area contributed by atoms with E-state index in [2.05, 4.69) is 6.92 Å². The van der Waals surface area contributed by atoms with Gasteiger partial charge in [0, 0.05) is 24.1 Å². The van der Waals surface area contributed by atoms with Gasteiger partial charge in [-0.25, -0.2) is 0 Å². The number of rotatable bonds is 18. The van der Waals surface area contributed by atoms with Crippen molar-refractivity contribution < 1.29 is 40.0 Å². The van der Waals surface area contributed by atoms with E-state index >= 15 is 0 Å². The first-order valence-corrected chi connectivity index (χ1v) is 14.0. The molecule has 216 valence electrons. The van der Waals surface area contributed by atoms with E-state index in [0.717, 1.165) is 43.5 Å². The molecule has 1 heterocycles. The lowest BCUT2D eigenvalue weighted by molar-refractivity contribution is -0.386. The van der Waals surface area contributed by atoms with Crippen molar-refractivity contribution >= 4 is 11.5 Å². The number of carbonyl (C=O) groups is 1. The zero-order chi connectivity index (χ0) is 28.2. The van der Waals surface area contributed by atoms with Crippen LogP contribution in [0.3, 0.4) is 0 Å². The number of Topliss-reactive ketones (excluding diaryl/α,β-unsaturated/α-hetero) is 1. The van der Waals surface area contributed by atoms with Gasteiger partial charge in [0.15, 0.2) is 5.78 Å². The van der Waals surface area contributed by atoms with Crippen molar-refractivity contribution in [2.24, 2.45) is 0 Å². The Hall–Kier alpha value is -1.95. The molecule has 0 amide bonds. The molecule has 1 aromatic carbocycles. The molecule has 1 aliphatic rings. The summed E-state index contributed by atoms with van der Waals surface area (Å²) in [5.74, 6) is -3.77. The normalized spacial score (nSPS) is 27.4. The van der Waals surface area contributed by atoms with E-state index in [4.69, 9.17) is 4.74 Å². The predicted octanol–water partition coefficient (Wildman–Crippen LogP) is 3.63. The Bertz CT molecular complexity index is 864. The summed E-state index contributed by atoms with van der Waals surface area (Å²) in [6.45, 7) is 1.40. The van der Waals surface area contributed by atoms with Crippen molar-refractivity contribution in [3.05, 3.63) is 39.9 Å². The van der Waals surface area contributed by atoms with E-state index in [1.54, 1.807) is 0 Å². The van der Waals surface area contributed by atoms with Gasteiger partial charge in [0.1, 0.15) is 18.3 Å². The number of aliphatic hydroxyl groups is 5. The summed E-state index contributed by atoms with van der Waals surface area (Å²) in [5, 5.41) is 64.4. The van der Waals surface area contributed by atoms with Crippen LogP contribution >= 0.6 is 0 Å². The van der Waals surface area contributed by atoms with Crippen LogP contribution in [0.25, 0.3) is 0 Å². The average molecular weight is 540 g/mol. The Balaban J connectivity index is 1.92. The molecule has 0 aromatic heterocycles. The lowest BCUT2D eigenvalue weighted by Gasteiger charge is -2.52. The number of unbranched alkanes of at least 4 members (excludes halogenated alkanes) is 12. The molecule has 1 aromatic rings. The molecule has 0 aliphatic carbocycles. The summed E-state index contributed by atoms with van der Waals surface area (Å²) in [7, 11) is 0. The van der Waals surface area contributed by atoms with Gasteiger partial charge < -0.3 is 30.3 Å². The van der Waals surface area contributed by atoms with E-state index < -0.39 is 47.0 Å². The van der Waals surface area contributed by atoms with Crippen LogP contribution in [0.4, 0.5) is 5.69 Å². The Morgan fingerprint density at radius 2 is 1.37 bits per heavy atom. The van der Waals surface area contributed by atoms with Crippen LogP contribution in [0.15, 0.2) is 24.3 Å². The molecule has 1 saturated heterocycles. The van der Waals surface area contributed by atoms with Crippen molar-refractivity contribution in [2.75, 3.05) is 6.61 Å². The summed E-state index contributed by atoms with van der Waals surface area (Å²) >= 11 is 0. The maximum atomic E-state index is 13.2. The highest BCUT2D eigenvalue weighted by atomic mass is 16.7. The number of carbonyl (C=O) groups excluding carboxylic acids is 1. The number of nitro groups is 1. The number of hydrogen-bond donors (Lipinski definition) is 5. The monoisotopic (exact) mass is 539 g/mol. The summed E-state index contributed by atoms with van der Waals surface area (Å²) in [6.07, 6.45) is 8.65. The first-order valence-electron chi connectivity index (χ1n) is 14.0. The molecule has 10 heteroatoms. The van der Waals surface area contributed by atoms with Gasteiger partial charge in [0.2, 0.25) is 11.4 Å². The fraction of sp³-hybridized carbons (Fsp3) is 0.750. The number of nitrogens with zero attached hydrogens (tertiary/aromatic N) is 1. The van der Waals surface area contributed by atoms with Crippen LogP contribution in [0.1, 0.15) is 102 Å². The van der Waals surface area contributed by atoms with Crippen molar-refractivity contribution in [1.29, 1.82) is 0 Å². The molecule has 0 spiro atoms. The quantitative estimate of drug-likeness (QED) is 0.106. The zero-order valence-electron chi connectivity index (χ0n) is 22.5. The van der Waals surface area contributed by atoms with Gasteiger partial charge in [-0.3, -0.25) is 14.9 Å². The second-order valence-corrected chi connectivity index (χ2v) is 10.4. The van der Waals surface area contributed by atoms with Crippen LogP contribution in [0.2, 0.25) is 0 Å². The highest BCUT2D eigenvalue weighted by Crippen LogP contribution is 2.45. The molecule has 38 heavy (non-hydrogen) atoms. The number of hydrogen-bond acceptors (Lipinski definition) is 9. The van der Waals surface area contributed by atoms with Gasteiger partial charge in [-0.1, -0.05) is 84.0 Å². The van der Waals surface area contributed by atoms with Crippen molar-refractivity contribution in [3.8, 4) is 0 Å². The molecule has 0 unspecified atom stereocenters. The third kappa shape index (κ3) is 7.80. The number of non-ortho nitro benzene ring substituents is 1. The molecule has 0 radical (unpaired) electrons. The highest BCUT2D eigenvalue weighted by Gasteiger charge is 2.67. The topological polar surface area (TPSA) is 171 Å². The summed E-state index contributed by atoms with van der Waals surface area (Å²) in [5.41, 5.74) is -3.48. The average Bonchev–Trinajstić information content (AvgIpc) is 2.92. The van der Waals surface area contributed by atoms with Crippen LogP contribution in [0.5, 0.6) is 0 Å². The van der Waals surface area contributed by atoms with E-state index in [1.807, 2.05) is 0 Å². The van der Waals surface area contributed by atoms with Crippen LogP contribution in [0, 0.1) is 10.1 Å². The highest BCUT2D eigenvalue weighted by molar-refractivity contribution is 5.89. The van der Waals surface area contributed by atoms with Crippen molar-refractivity contribution in [3.63, 3.8) is 0 Å². The number of nitro benzene ring substituents is 1. The smallest absolute Gasteiger partial charge is 0.269 e. The first-order chi connectivity index (χ1) is 18.1. The van der Waals surface area contributed by atoms with Gasteiger partial charge >= 0.3 is 0 Å². The third-order valence-electron chi connectivity index (χ3n) is 7.55. The van der Waals surface area contributed by atoms with Gasteiger partial charge in [0.05, 0.1) is 11.5 Å². The molecule has 5 atom stereocenters. The summed E-state index contributed by atoms with van der Waals surface area (Å²) in [4.78, 5) is 23.6. The van der Waals surface area contributed by atoms with Gasteiger partial charge in [-0.2, -0.15) is 0 Å². The fourth-order valence-corrected chi connectivity index (χ4v) is 5.12. The molecule has 1 fully saturated rings. The molecular formula is C28H45NO9. The minimum absolute atomic E-state index is 0.180. The zero-order valence-corrected chi connectivity index (χ0v) is 22.5. The van der Waals surface area contributed by atoms with E-state index in [9.17, 15) is 40.4 Å². The number of ketones is 1. The maximum absolute atomic E-state index is 13.2. The lowest BCUT2D eigenvalue weighted by Crippen LogP contribution is -2.74. The number of aliphatic hydroxyl groups excluding tert-OH is 3. The van der Waals surface area contributed by atoms with Gasteiger partial charge in [0.25, 0.3) is 5.69 Å². The predicted molar refractivity (Wildman–Crippen MR) is 141 cm³/mol. The number of ether oxygens (including phenoxy) is 1. The van der Waals surface area contributed by atoms with Gasteiger partial charge in [-0.15, -0.1) is 0 Å². The Morgan fingerprint density at radius 1 is 0.895 bits per heavy atom. The molecule has 5 N–H and O–H groups in total. The molecular weight excluding hydrogens is 494 g/mol. The van der Waals surface area contributed by atoms with Crippen molar-refractivity contribution in [2.45, 2.75) is 127 Å². The van der Waals surface area contributed by atoms with Crippen LogP contribution in [-0.4, -0.2) is 66.8 Å². The van der Waals surface area contributed by atoms with Crippen LogP contribution in [-0.2, 0) is 15.3 Å². The Morgan fingerprint density at radius 3 is 1.82 bits per heavy atom. The largest absolute Gasteiger partial charge is 0.394 e. The Kier molecular flexibility index (Phi) is 13.2. The van der Waals surface area contributed by atoms with E-state index in [0.29, 0.717) is 12.8 Å². The molecule has 0 bridgehead atoms. The number of benzene rings is 1. The molecule has 1 aliphatic heterocycles. The second kappa shape index (κ2) is 15.6. The standard InChI is InChI=1S/C28H45NO9/c1-2-3-4-5-6-7-8-9-10-11-12-13-14-15-24(31)27(34)26(33)25(32)23(20-30)38-28(27,35)21-16-18-22(19-17-21)29(36)37/h16-19,23,25-26,30,32-35H,2-15,20H2,1H3/t23-,25-,26+,27-,28+/m1/s1. The van der Waals surface area contributed by atoms with Crippen molar-refractivity contribution in [1.82, 2.24) is 0 Å². The minimum Gasteiger partial charge on any atom is -0.394 e. The molecule has 2 rings (SSSR count). The SMILES string of the molecule is CCCCCCCCCCCCCCCC(=O)[C@@]1(O)[C@@H](O)[C@H](O)[C@@H](CO)O[C@@]1(O)c1ccc([N+](=O)[O-])cc1. The lowest BCUT2D eigenvalue weighted by atomic mass is 9.73. The maximum Gasteiger partial charge on any atom is 0.269 e. The van der Waals surface area contributed by atoms with E-state index in [-0.39, 0.29) is 17.7 Å². The first kappa shape index (κ1) is 32.3. The summed E-state index contributed by atoms with van der Waals surface area (Å²) in [6, 6.07) is 4.31. The van der Waals surface area contributed by atoms with E-state index in [1.165, 1.54) is 51.4 Å². The summed E-state index contributed by atoms with van der Waals surface area (Å²) < 4.78 is 5.40. The molecule has 10 nitrogen and oxygen atoms in total. The fourth-order valence-electron chi connectivity index (χ4n) is 5.12. The van der Waals surface area contributed by atoms with Gasteiger partial charge in [-0.05, 0) is 18.6 Å². The minimum atomic E-state index is -2.95. The molecule has 0 saturated carbocycles. The second-order valence-electron chi connectivity index (χ2n) is 10.4. The third-order valence-corrected chi connectivity index (χ3v) is 7.55. The Labute approximate surface area is 224 Å².